The van der Waals surface area contributed by atoms with Gasteiger partial charge in [-0.15, -0.1) is 0 Å². The van der Waals surface area contributed by atoms with Crippen molar-refractivity contribution >= 4 is 28.3 Å². The van der Waals surface area contributed by atoms with Crippen LogP contribution in [0.5, 0.6) is 0 Å². The topological polar surface area (TPSA) is 109 Å². The van der Waals surface area contributed by atoms with Crippen molar-refractivity contribution < 1.29 is 17.9 Å². The molecule has 174 valence electrons. The van der Waals surface area contributed by atoms with Gasteiger partial charge in [0.05, 0.1) is 16.7 Å². The van der Waals surface area contributed by atoms with Crippen molar-refractivity contribution in [1.29, 1.82) is 0 Å². The molecule has 0 spiro atoms. The number of anilines is 2. The monoisotopic (exact) mass is 471 g/mol. The molecule has 0 bridgehead atoms. The van der Waals surface area contributed by atoms with Crippen molar-refractivity contribution in [2.24, 2.45) is 5.92 Å². The molecule has 3 atom stereocenters. The molecule has 33 heavy (non-hydrogen) atoms. The van der Waals surface area contributed by atoms with Crippen molar-refractivity contribution in [3.05, 3.63) is 54.4 Å². The van der Waals surface area contributed by atoms with Crippen molar-refractivity contribution in [1.82, 2.24) is 15.5 Å². The van der Waals surface area contributed by atoms with Crippen LogP contribution in [0.1, 0.15) is 31.6 Å². The van der Waals surface area contributed by atoms with Crippen LogP contribution in [-0.4, -0.2) is 40.0 Å². The van der Waals surface area contributed by atoms with Gasteiger partial charge in [-0.25, -0.2) is 4.21 Å². The second-order valence-electron chi connectivity index (χ2n) is 8.02. The first-order valence-electron chi connectivity index (χ1n) is 10.8. The van der Waals surface area contributed by atoms with Gasteiger partial charge in [0.15, 0.2) is 0 Å². The van der Waals surface area contributed by atoms with Crippen LogP contribution in [0, 0.1) is 5.92 Å². The summed E-state index contributed by atoms with van der Waals surface area (Å²) in [5, 5.41) is 10.1. The van der Waals surface area contributed by atoms with Gasteiger partial charge in [0.1, 0.15) is 17.7 Å². The number of nitrogens with one attached hydrogen (secondary N) is 3. The molecule has 2 heterocycles. The molecule has 1 amide bonds. The third-order valence-electron chi connectivity index (χ3n) is 5.43. The quantitative estimate of drug-likeness (QED) is 0.460. The summed E-state index contributed by atoms with van der Waals surface area (Å²) in [6.07, 6.45) is 2.11. The Morgan fingerprint density at radius 1 is 1.27 bits per heavy atom. The van der Waals surface area contributed by atoms with Gasteiger partial charge >= 0.3 is 0 Å². The average molecular weight is 472 g/mol. The number of carbonyl (C=O) groups is 1. The molecule has 1 aliphatic rings. The molecule has 1 aliphatic heterocycles. The van der Waals surface area contributed by atoms with Gasteiger partial charge in [-0.1, -0.05) is 18.1 Å². The summed E-state index contributed by atoms with van der Waals surface area (Å²) in [7, 11) is -1.52. The van der Waals surface area contributed by atoms with Gasteiger partial charge in [0.25, 0.3) is 0 Å². The van der Waals surface area contributed by atoms with E-state index in [1.54, 1.807) is 48.5 Å². The lowest BCUT2D eigenvalue weighted by Crippen LogP contribution is -2.28. The predicted octanol–water partition coefficient (Wildman–Crippen LogP) is 3.88. The lowest BCUT2D eigenvalue weighted by Gasteiger charge is -2.18. The van der Waals surface area contributed by atoms with Crippen LogP contribution in [0.25, 0.3) is 11.4 Å². The minimum Gasteiger partial charge on any atom is -0.339 e. The highest BCUT2D eigenvalue weighted by Gasteiger charge is 2.22. The van der Waals surface area contributed by atoms with E-state index >= 15 is 0 Å². The minimum atomic E-state index is -1.52. The van der Waals surface area contributed by atoms with E-state index in [0.717, 1.165) is 31.5 Å². The summed E-state index contributed by atoms with van der Waals surface area (Å²) in [5.41, 5.74) is 1.84. The molecule has 3 N–H and O–H groups in total. The second-order valence-corrected chi connectivity index (χ2v) is 9.23. The van der Waals surface area contributed by atoms with E-state index in [1.165, 1.54) is 6.92 Å². The van der Waals surface area contributed by atoms with E-state index in [0.29, 0.717) is 28.0 Å². The Morgan fingerprint density at radius 2 is 2.06 bits per heavy atom. The number of aromatic nitrogens is 2. The van der Waals surface area contributed by atoms with Gasteiger partial charge in [0, 0.05) is 23.5 Å². The van der Waals surface area contributed by atoms with E-state index in [9.17, 15) is 13.4 Å². The number of benzene rings is 2. The molecule has 0 radical (unpaired) electrons. The lowest BCUT2D eigenvalue weighted by molar-refractivity contribution is -0.119. The maximum absolute atomic E-state index is 12.8. The second kappa shape index (κ2) is 10.7. The number of amides is 1. The SMILES string of the molecule is CC(CF)C(=O)Nc1cccc(NS(=O)c2ccc(-c3noc(C4CCCNC4)n3)cc2)c1. The first kappa shape index (κ1) is 23.1. The van der Waals surface area contributed by atoms with E-state index in [4.69, 9.17) is 4.52 Å². The Balaban J connectivity index is 1.39. The van der Waals surface area contributed by atoms with Crippen molar-refractivity contribution in [2.75, 3.05) is 29.8 Å². The van der Waals surface area contributed by atoms with Crippen LogP contribution in [-0.2, 0) is 15.8 Å². The van der Waals surface area contributed by atoms with Crippen LogP contribution in [0.2, 0.25) is 0 Å². The van der Waals surface area contributed by atoms with Gasteiger partial charge in [-0.2, -0.15) is 4.98 Å². The zero-order valence-electron chi connectivity index (χ0n) is 18.2. The van der Waals surface area contributed by atoms with E-state index < -0.39 is 29.5 Å². The number of hydrogen-bond acceptors (Lipinski definition) is 6. The Kier molecular flexibility index (Phi) is 7.46. The first-order valence-corrected chi connectivity index (χ1v) is 12.0. The molecule has 3 unspecified atom stereocenters. The molecule has 1 aromatic heterocycles. The summed E-state index contributed by atoms with van der Waals surface area (Å²) in [6, 6.07) is 13.9. The Hall–Kier alpha value is -3.11. The number of alkyl halides is 1. The molecule has 0 aliphatic carbocycles. The number of rotatable bonds is 8. The molecule has 2 aromatic carbocycles. The third kappa shape index (κ3) is 5.82. The van der Waals surface area contributed by atoms with Gasteiger partial charge in [-0.3, -0.25) is 9.18 Å². The maximum atomic E-state index is 12.8. The molecule has 4 rings (SSSR count). The lowest BCUT2D eigenvalue weighted by atomic mass is 10.00. The van der Waals surface area contributed by atoms with E-state index in [-0.39, 0.29) is 5.92 Å². The first-order chi connectivity index (χ1) is 16.0. The number of piperidine rings is 1. The van der Waals surface area contributed by atoms with Crippen LogP contribution < -0.4 is 15.4 Å². The van der Waals surface area contributed by atoms with Gasteiger partial charge < -0.3 is 19.9 Å². The van der Waals surface area contributed by atoms with Crippen LogP contribution in [0.4, 0.5) is 15.8 Å². The van der Waals surface area contributed by atoms with E-state index in [1.807, 2.05) is 0 Å². The Labute approximate surface area is 193 Å². The molecule has 0 saturated carbocycles. The summed E-state index contributed by atoms with van der Waals surface area (Å²) in [4.78, 5) is 17.0. The largest absolute Gasteiger partial charge is 0.339 e. The maximum Gasteiger partial charge on any atom is 0.231 e. The van der Waals surface area contributed by atoms with Gasteiger partial charge in [-0.05, 0) is 61.9 Å². The molecule has 1 saturated heterocycles. The normalized spacial score (nSPS) is 17.8. The summed E-state index contributed by atoms with van der Waals surface area (Å²) in [6.45, 7) is 2.64. The summed E-state index contributed by atoms with van der Waals surface area (Å²) >= 11 is 0. The smallest absolute Gasteiger partial charge is 0.231 e. The van der Waals surface area contributed by atoms with Crippen LogP contribution in [0.15, 0.2) is 57.9 Å². The zero-order valence-corrected chi connectivity index (χ0v) is 19.0. The van der Waals surface area contributed by atoms with Crippen molar-refractivity contribution in [3.8, 4) is 11.4 Å². The fraction of sp³-hybridized carbons (Fsp3) is 0.348. The molecular formula is C23H26FN5O3S. The Morgan fingerprint density at radius 3 is 2.79 bits per heavy atom. The fourth-order valence-electron chi connectivity index (χ4n) is 3.47. The predicted molar refractivity (Wildman–Crippen MR) is 125 cm³/mol. The highest BCUT2D eigenvalue weighted by atomic mass is 32.2. The molecular weight excluding hydrogens is 445 g/mol. The average Bonchev–Trinajstić information content (AvgIpc) is 3.35. The van der Waals surface area contributed by atoms with E-state index in [2.05, 4.69) is 25.5 Å². The highest BCUT2D eigenvalue weighted by molar-refractivity contribution is 7.86. The van der Waals surface area contributed by atoms with Crippen molar-refractivity contribution in [3.63, 3.8) is 0 Å². The van der Waals surface area contributed by atoms with Crippen LogP contribution in [0.3, 0.4) is 0 Å². The summed E-state index contributed by atoms with van der Waals surface area (Å²) < 4.78 is 33.8. The fourth-order valence-corrected chi connectivity index (χ4v) is 4.31. The van der Waals surface area contributed by atoms with Crippen molar-refractivity contribution in [2.45, 2.75) is 30.6 Å². The third-order valence-corrected chi connectivity index (χ3v) is 6.56. The standard InChI is InChI=1S/C23H26FN5O3S/c1-15(13-24)22(30)26-18-5-2-6-19(12-18)29-33(31)20-9-7-16(8-10-20)21-27-23(32-28-21)17-4-3-11-25-14-17/h2,5-10,12,15,17,25,29H,3-4,11,13-14H2,1H3,(H,26,30). The summed E-state index contributed by atoms with van der Waals surface area (Å²) in [5.74, 6) is 0.238. The minimum absolute atomic E-state index is 0.233. The molecule has 10 heteroatoms. The molecule has 8 nitrogen and oxygen atoms in total. The Bertz CT molecular complexity index is 1120. The van der Waals surface area contributed by atoms with Crippen LogP contribution >= 0.6 is 0 Å². The highest BCUT2D eigenvalue weighted by Crippen LogP contribution is 2.25. The number of halogens is 1. The number of carbonyl (C=O) groups excluding carboxylic acids is 1. The molecule has 1 fully saturated rings. The zero-order chi connectivity index (χ0) is 23.2. The number of hydrogen-bond donors (Lipinski definition) is 3. The van der Waals surface area contributed by atoms with Gasteiger partial charge in [0.2, 0.25) is 17.6 Å². The molecule has 3 aromatic rings. The number of nitrogens with zero attached hydrogens (tertiary/aromatic N) is 2.